The van der Waals surface area contributed by atoms with Gasteiger partial charge in [0.1, 0.15) is 5.75 Å². The molecule has 0 aromatic heterocycles. The molecule has 0 unspecified atom stereocenters. The van der Waals surface area contributed by atoms with E-state index in [2.05, 4.69) is 16.9 Å². The van der Waals surface area contributed by atoms with Gasteiger partial charge in [0, 0.05) is 24.7 Å². The molecule has 2 N–H and O–H groups in total. The lowest BCUT2D eigenvalue weighted by Crippen LogP contribution is -2.43. The first-order chi connectivity index (χ1) is 9.15. The highest BCUT2D eigenvalue weighted by Gasteiger charge is 2.50. The van der Waals surface area contributed by atoms with Gasteiger partial charge < -0.3 is 15.4 Å². The lowest BCUT2D eigenvalue weighted by molar-refractivity contribution is 0.370. The molecule has 0 saturated carbocycles. The molecule has 1 aromatic rings. The van der Waals surface area contributed by atoms with Gasteiger partial charge in [0.25, 0.3) is 6.71 Å². The van der Waals surface area contributed by atoms with E-state index in [-0.39, 0.29) is 6.71 Å². The molecule has 2 aliphatic rings. The fraction of sp³-hybridized carbons (Fsp3) is 0.500. The topological polar surface area (TPSA) is 62.3 Å². The molecule has 2 fully saturated rings. The van der Waals surface area contributed by atoms with E-state index >= 15 is 0 Å². The molecule has 1 spiro atoms. The molecule has 0 radical (unpaired) electrons. The van der Waals surface area contributed by atoms with Crippen molar-refractivity contribution < 1.29 is 4.74 Å². The molecule has 19 heavy (non-hydrogen) atoms. The van der Waals surface area contributed by atoms with Gasteiger partial charge in [0.05, 0.1) is 12.8 Å². The van der Waals surface area contributed by atoms with Crippen molar-refractivity contribution in [3.05, 3.63) is 18.2 Å². The van der Waals surface area contributed by atoms with E-state index in [1.54, 1.807) is 7.11 Å². The number of hydrogen-bond donors (Lipinski definition) is 1. The van der Waals surface area contributed by atoms with Gasteiger partial charge in [0.2, 0.25) is 0 Å². The molecule has 2 aliphatic heterocycles. The summed E-state index contributed by atoms with van der Waals surface area (Å²) in [5.74, 6) is 3.10. The Morgan fingerprint density at radius 3 is 2.89 bits per heavy atom. The van der Waals surface area contributed by atoms with Crippen LogP contribution in [-0.2, 0) is 0 Å². The predicted octanol–water partition coefficient (Wildman–Crippen LogP) is 2.05. The third kappa shape index (κ3) is 2.01. The Bertz CT molecular complexity index is 534. The molecule has 0 amide bonds. The van der Waals surface area contributed by atoms with Gasteiger partial charge in [0.15, 0.2) is 0 Å². The van der Waals surface area contributed by atoms with Gasteiger partial charge in [-0.05, 0) is 30.0 Å². The van der Waals surface area contributed by atoms with Gasteiger partial charge in [-0.1, -0.05) is 12.6 Å². The molecule has 4 nitrogen and oxygen atoms in total. The minimum Gasteiger partial charge on any atom is -0.495 e. The third-order valence-electron chi connectivity index (χ3n) is 4.56. The largest absolute Gasteiger partial charge is 0.495 e. The molecule has 2 saturated heterocycles. The number of nitriles is 1. The van der Waals surface area contributed by atoms with E-state index in [1.807, 2.05) is 12.1 Å². The lowest BCUT2D eigenvalue weighted by Gasteiger charge is -2.40. The summed E-state index contributed by atoms with van der Waals surface area (Å²) in [7, 11) is 1.63. The summed E-state index contributed by atoms with van der Waals surface area (Å²) in [6, 6.07) is 5.97. The molecular weight excluding hydrogens is 237 g/mol. The zero-order valence-electron chi connectivity index (χ0n) is 11.2. The van der Waals surface area contributed by atoms with E-state index in [1.165, 1.54) is 6.42 Å². The Kier molecular flexibility index (Phi) is 2.81. The lowest BCUT2D eigenvalue weighted by atomic mass is 9.27. The van der Waals surface area contributed by atoms with Crippen molar-refractivity contribution in [2.75, 3.05) is 30.8 Å². The van der Waals surface area contributed by atoms with Crippen LogP contribution >= 0.6 is 0 Å². The number of hydrogen-bond acceptors (Lipinski definition) is 4. The van der Waals surface area contributed by atoms with Crippen molar-refractivity contribution in [3.8, 4) is 11.7 Å². The van der Waals surface area contributed by atoms with Gasteiger partial charge in [-0.3, -0.25) is 0 Å². The Balaban J connectivity index is 1.72. The third-order valence-corrected chi connectivity index (χ3v) is 4.56. The average molecular weight is 255 g/mol. The van der Waals surface area contributed by atoms with Crippen molar-refractivity contribution in [2.24, 2.45) is 5.41 Å². The summed E-state index contributed by atoms with van der Waals surface area (Å²) in [5, 5.41) is 8.91. The second kappa shape index (κ2) is 4.38. The number of ether oxygens (including phenoxy) is 1. The molecule has 2 heterocycles. The standard InChI is InChI=1S/C14H18BN3O/c1-19-13-3-2-11(6-12(13)17)18-5-4-14(9-18)7-15(8-14)10-16/h2-3,6H,4-5,7-9,17H2,1H3. The number of nitrogens with two attached hydrogens (primary N) is 1. The average Bonchev–Trinajstić information content (AvgIpc) is 2.82. The molecule has 5 heteroatoms. The van der Waals surface area contributed by atoms with E-state index in [0.29, 0.717) is 11.1 Å². The minimum atomic E-state index is 0.279. The fourth-order valence-corrected chi connectivity index (χ4v) is 3.48. The van der Waals surface area contributed by atoms with E-state index in [4.69, 9.17) is 15.7 Å². The molecule has 98 valence electrons. The van der Waals surface area contributed by atoms with Crippen LogP contribution in [0.5, 0.6) is 5.75 Å². The van der Waals surface area contributed by atoms with Gasteiger partial charge in [-0.25, -0.2) is 5.26 Å². The summed E-state index contributed by atoms with van der Waals surface area (Å²) < 4.78 is 5.18. The van der Waals surface area contributed by atoms with E-state index in [9.17, 15) is 0 Å². The maximum absolute atomic E-state index is 8.91. The normalized spacial score (nSPS) is 20.2. The smallest absolute Gasteiger partial charge is 0.269 e. The second-order valence-electron chi connectivity index (χ2n) is 5.83. The highest BCUT2D eigenvalue weighted by molar-refractivity contribution is 6.70. The highest BCUT2D eigenvalue weighted by Crippen LogP contribution is 2.50. The molecule has 0 atom stereocenters. The first-order valence-electron chi connectivity index (χ1n) is 6.74. The highest BCUT2D eigenvalue weighted by atomic mass is 16.5. The molecular formula is C14H18BN3O. The van der Waals surface area contributed by atoms with Gasteiger partial charge in [-0.2, -0.15) is 0 Å². The fourth-order valence-electron chi connectivity index (χ4n) is 3.48. The van der Waals surface area contributed by atoms with Crippen molar-refractivity contribution in [2.45, 2.75) is 19.1 Å². The van der Waals surface area contributed by atoms with Crippen molar-refractivity contribution in [1.82, 2.24) is 0 Å². The monoisotopic (exact) mass is 255 g/mol. The summed E-state index contributed by atoms with van der Waals surface area (Å²) in [5.41, 5.74) is 8.19. The minimum absolute atomic E-state index is 0.279. The number of rotatable bonds is 2. The first kappa shape index (κ1) is 12.2. The first-order valence-corrected chi connectivity index (χ1v) is 6.74. The number of benzene rings is 1. The van der Waals surface area contributed by atoms with Crippen LogP contribution in [0.2, 0.25) is 12.6 Å². The maximum Gasteiger partial charge on any atom is 0.269 e. The Labute approximate surface area is 114 Å². The van der Waals surface area contributed by atoms with Crippen molar-refractivity contribution in [1.29, 1.82) is 5.26 Å². The molecule has 0 bridgehead atoms. The van der Waals surface area contributed by atoms with Gasteiger partial charge in [-0.15, -0.1) is 0 Å². The van der Waals surface area contributed by atoms with Crippen LogP contribution < -0.4 is 15.4 Å². The van der Waals surface area contributed by atoms with E-state index < -0.39 is 0 Å². The summed E-state index contributed by atoms with van der Waals surface area (Å²) in [4.78, 5) is 2.38. The van der Waals surface area contributed by atoms with Crippen LogP contribution in [0, 0.1) is 16.6 Å². The summed E-state index contributed by atoms with van der Waals surface area (Å²) in [6.07, 6.45) is 3.31. The molecule has 1 aromatic carbocycles. The quantitative estimate of drug-likeness (QED) is 0.648. The Hall–Kier alpha value is -1.83. The number of methoxy groups -OCH3 is 1. The SMILES string of the molecule is COc1ccc(N2CCC3(CB(C#N)C3)C2)cc1N. The van der Waals surface area contributed by atoms with Crippen LogP contribution in [0.4, 0.5) is 11.4 Å². The van der Waals surface area contributed by atoms with Crippen molar-refractivity contribution >= 4 is 18.1 Å². The van der Waals surface area contributed by atoms with Crippen LogP contribution in [0.3, 0.4) is 0 Å². The van der Waals surface area contributed by atoms with E-state index in [0.717, 1.165) is 37.2 Å². The second-order valence-corrected chi connectivity index (χ2v) is 5.83. The van der Waals surface area contributed by atoms with Crippen LogP contribution in [0.15, 0.2) is 18.2 Å². The van der Waals surface area contributed by atoms with Crippen LogP contribution in [0.25, 0.3) is 0 Å². The molecule has 0 aliphatic carbocycles. The molecule has 3 rings (SSSR count). The summed E-state index contributed by atoms with van der Waals surface area (Å²) >= 11 is 0. The predicted molar refractivity (Wildman–Crippen MR) is 77.7 cm³/mol. The number of nitrogens with zero attached hydrogens (tertiary/aromatic N) is 2. The van der Waals surface area contributed by atoms with Crippen LogP contribution in [0.1, 0.15) is 6.42 Å². The zero-order valence-corrected chi connectivity index (χ0v) is 11.2. The number of anilines is 2. The number of nitrogen functional groups attached to an aromatic ring is 1. The Morgan fingerprint density at radius 2 is 2.26 bits per heavy atom. The Morgan fingerprint density at radius 1 is 1.47 bits per heavy atom. The summed E-state index contributed by atoms with van der Waals surface area (Å²) in [6.45, 7) is 2.39. The van der Waals surface area contributed by atoms with Crippen molar-refractivity contribution in [3.63, 3.8) is 0 Å². The van der Waals surface area contributed by atoms with Crippen LogP contribution in [-0.4, -0.2) is 26.9 Å². The van der Waals surface area contributed by atoms with Gasteiger partial charge >= 0.3 is 0 Å². The zero-order chi connectivity index (χ0) is 13.5. The maximum atomic E-state index is 8.91.